The van der Waals surface area contributed by atoms with Gasteiger partial charge < -0.3 is 5.73 Å². The molecule has 0 amide bonds. The minimum absolute atomic E-state index is 0.249. The van der Waals surface area contributed by atoms with Crippen LogP contribution in [0.4, 0.5) is 8.78 Å². The largest absolute Gasteiger partial charge is 0.330 e. The minimum Gasteiger partial charge on any atom is -0.330 e. The van der Waals surface area contributed by atoms with E-state index in [9.17, 15) is 8.78 Å². The number of hydrogen-bond donors (Lipinski definition) is 1. The summed E-state index contributed by atoms with van der Waals surface area (Å²) in [4.78, 5) is 0. The van der Waals surface area contributed by atoms with Crippen LogP contribution in [0.15, 0.2) is 18.2 Å². The Morgan fingerprint density at radius 1 is 1.19 bits per heavy atom. The van der Waals surface area contributed by atoms with E-state index >= 15 is 0 Å². The van der Waals surface area contributed by atoms with Crippen molar-refractivity contribution >= 4 is 0 Å². The van der Waals surface area contributed by atoms with Crippen LogP contribution in [0.3, 0.4) is 0 Å². The smallest absolute Gasteiger partial charge is 0.159 e. The lowest BCUT2D eigenvalue weighted by molar-refractivity contribution is 0.450. The van der Waals surface area contributed by atoms with Crippen LogP contribution < -0.4 is 5.73 Å². The lowest BCUT2D eigenvalue weighted by atomic mass is 9.85. The first kappa shape index (κ1) is 13.1. The van der Waals surface area contributed by atoms with Crippen molar-refractivity contribution in [3.63, 3.8) is 0 Å². The molecule has 0 spiro atoms. The van der Waals surface area contributed by atoms with E-state index in [0.717, 1.165) is 18.4 Å². The van der Waals surface area contributed by atoms with Crippen molar-refractivity contribution < 1.29 is 8.78 Å². The average Bonchev–Trinajstić information content (AvgIpc) is 2.23. The molecule has 0 saturated heterocycles. The summed E-state index contributed by atoms with van der Waals surface area (Å²) >= 11 is 0. The zero-order valence-corrected chi connectivity index (χ0v) is 9.84. The maximum Gasteiger partial charge on any atom is 0.159 e. The minimum atomic E-state index is -0.787. The fourth-order valence-electron chi connectivity index (χ4n) is 1.97. The molecule has 16 heavy (non-hydrogen) atoms. The zero-order valence-electron chi connectivity index (χ0n) is 9.84. The molecule has 1 nitrogen and oxygen atoms in total. The summed E-state index contributed by atoms with van der Waals surface area (Å²) in [5.74, 6) is -0.906. The lowest BCUT2D eigenvalue weighted by Gasteiger charge is -2.21. The van der Waals surface area contributed by atoms with Crippen molar-refractivity contribution in [2.24, 2.45) is 11.7 Å². The van der Waals surface area contributed by atoms with Gasteiger partial charge in [0.2, 0.25) is 0 Å². The summed E-state index contributed by atoms with van der Waals surface area (Å²) < 4.78 is 25.9. The Hall–Kier alpha value is -0.960. The fraction of sp³-hybridized carbons (Fsp3) is 0.538. The molecule has 1 aromatic rings. The molecule has 0 bridgehead atoms. The third-order valence-electron chi connectivity index (χ3n) is 2.90. The molecular formula is C13H19F2N. The van der Waals surface area contributed by atoms with Crippen molar-refractivity contribution in [1.82, 2.24) is 0 Å². The highest BCUT2D eigenvalue weighted by molar-refractivity contribution is 5.22. The highest BCUT2D eigenvalue weighted by Crippen LogP contribution is 2.29. The predicted octanol–water partition coefficient (Wildman–Crippen LogP) is 3.44. The molecule has 3 heteroatoms. The first-order chi connectivity index (χ1) is 7.56. The fourth-order valence-corrected chi connectivity index (χ4v) is 1.97. The van der Waals surface area contributed by atoms with Gasteiger partial charge in [0.1, 0.15) is 0 Å². The summed E-state index contributed by atoms with van der Waals surface area (Å²) in [5, 5.41) is 0. The molecule has 0 aliphatic carbocycles. The highest BCUT2D eigenvalue weighted by atomic mass is 19.2. The molecule has 0 aromatic heterocycles. The SMILES string of the molecule is CC(C)C(CCCN)c1ccc(F)c(F)c1. The van der Waals surface area contributed by atoms with E-state index in [0.29, 0.717) is 12.5 Å². The van der Waals surface area contributed by atoms with Gasteiger partial charge in [0, 0.05) is 0 Å². The van der Waals surface area contributed by atoms with Crippen molar-refractivity contribution in [1.29, 1.82) is 0 Å². The molecule has 0 aliphatic heterocycles. The van der Waals surface area contributed by atoms with Crippen LogP contribution >= 0.6 is 0 Å². The van der Waals surface area contributed by atoms with E-state index in [-0.39, 0.29) is 5.92 Å². The lowest BCUT2D eigenvalue weighted by Crippen LogP contribution is -2.10. The van der Waals surface area contributed by atoms with E-state index < -0.39 is 11.6 Å². The first-order valence-corrected chi connectivity index (χ1v) is 5.71. The van der Waals surface area contributed by atoms with E-state index in [2.05, 4.69) is 13.8 Å². The molecule has 1 aromatic carbocycles. The molecule has 1 atom stereocenters. The third-order valence-corrected chi connectivity index (χ3v) is 2.90. The van der Waals surface area contributed by atoms with Gasteiger partial charge in [0.15, 0.2) is 11.6 Å². The summed E-state index contributed by atoms with van der Waals surface area (Å²) in [6.07, 6.45) is 1.82. The van der Waals surface area contributed by atoms with Crippen LogP contribution in [0.2, 0.25) is 0 Å². The molecule has 2 N–H and O–H groups in total. The Balaban J connectivity index is 2.88. The van der Waals surface area contributed by atoms with Gasteiger partial charge in [0.25, 0.3) is 0 Å². The Labute approximate surface area is 95.7 Å². The quantitative estimate of drug-likeness (QED) is 0.819. The molecule has 0 heterocycles. The van der Waals surface area contributed by atoms with E-state index in [1.807, 2.05) is 0 Å². The summed E-state index contributed by atoms with van der Waals surface area (Å²) in [7, 11) is 0. The Kier molecular flexibility index (Phi) is 4.87. The van der Waals surface area contributed by atoms with Crippen LogP contribution in [0, 0.1) is 17.6 Å². The Bertz CT molecular complexity index is 337. The standard InChI is InChI=1S/C13H19F2N/c1-9(2)11(4-3-7-16)10-5-6-12(14)13(15)8-10/h5-6,8-9,11H,3-4,7,16H2,1-2H3. The second kappa shape index (κ2) is 5.94. The van der Waals surface area contributed by atoms with E-state index in [1.165, 1.54) is 12.1 Å². The average molecular weight is 227 g/mol. The molecule has 0 saturated carbocycles. The molecule has 0 radical (unpaired) electrons. The van der Waals surface area contributed by atoms with Crippen molar-refractivity contribution in [2.45, 2.75) is 32.6 Å². The van der Waals surface area contributed by atoms with Crippen molar-refractivity contribution in [3.05, 3.63) is 35.4 Å². The molecule has 0 aliphatic rings. The second-order valence-corrected chi connectivity index (χ2v) is 4.45. The molecule has 90 valence electrons. The molecule has 1 rings (SSSR count). The van der Waals surface area contributed by atoms with Gasteiger partial charge in [-0.25, -0.2) is 8.78 Å². The van der Waals surface area contributed by atoms with Gasteiger partial charge in [0.05, 0.1) is 0 Å². The number of benzene rings is 1. The first-order valence-electron chi connectivity index (χ1n) is 5.71. The summed E-state index contributed by atoms with van der Waals surface area (Å²) in [6, 6.07) is 4.17. The van der Waals surface area contributed by atoms with Crippen LogP contribution in [-0.2, 0) is 0 Å². The van der Waals surface area contributed by atoms with Gasteiger partial charge in [-0.15, -0.1) is 0 Å². The van der Waals surface area contributed by atoms with Crippen LogP contribution in [0.1, 0.15) is 38.2 Å². The Morgan fingerprint density at radius 2 is 1.88 bits per heavy atom. The summed E-state index contributed by atoms with van der Waals surface area (Å²) in [5.41, 5.74) is 6.34. The molecule has 1 unspecified atom stereocenters. The zero-order chi connectivity index (χ0) is 12.1. The number of hydrogen-bond acceptors (Lipinski definition) is 1. The van der Waals surface area contributed by atoms with Crippen molar-refractivity contribution in [3.8, 4) is 0 Å². The van der Waals surface area contributed by atoms with Gasteiger partial charge in [-0.2, -0.15) is 0 Å². The van der Waals surface area contributed by atoms with Gasteiger partial charge in [-0.05, 0) is 48.9 Å². The topological polar surface area (TPSA) is 26.0 Å². The van der Waals surface area contributed by atoms with Crippen LogP contribution in [0.5, 0.6) is 0 Å². The second-order valence-electron chi connectivity index (χ2n) is 4.45. The van der Waals surface area contributed by atoms with E-state index in [4.69, 9.17) is 5.73 Å². The van der Waals surface area contributed by atoms with Gasteiger partial charge in [-0.3, -0.25) is 0 Å². The van der Waals surface area contributed by atoms with Gasteiger partial charge >= 0.3 is 0 Å². The maximum atomic E-state index is 13.1. The Morgan fingerprint density at radius 3 is 2.38 bits per heavy atom. The van der Waals surface area contributed by atoms with E-state index in [1.54, 1.807) is 6.07 Å². The van der Waals surface area contributed by atoms with Crippen LogP contribution in [-0.4, -0.2) is 6.54 Å². The molecular weight excluding hydrogens is 208 g/mol. The normalized spacial score (nSPS) is 13.1. The van der Waals surface area contributed by atoms with Gasteiger partial charge in [-0.1, -0.05) is 19.9 Å². The van der Waals surface area contributed by atoms with Crippen LogP contribution in [0.25, 0.3) is 0 Å². The molecule has 0 fully saturated rings. The van der Waals surface area contributed by atoms with Crippen molar-refractivity contribution in [2.75, 3.05) is 6.54 Å². The highest BCUT2D eigenvalue weighted by Gasteiger charge is 2.16. The number of rotatable bonds is 5. The number of halogens is 2. The summed E-state index contributed by atoms with van der Waals surface area (Å²) in [6.45, 7) is 4.80. The number of nitrogens with two attached hydrogens (primary N) is 1. The maximum absolute atomic E-state index is 13.1. The predicted molar refractivity (Wildman–Crippen MR) is 62.2 cm³/mol. The third kappa shape index (κ3) is 3.27. The monoisotopic (exact) mass is 227 g/mol.